The van der Waals surface area contributed by atoms with Gasteiger partial charge in [0, 0.05) is 11.1 Å². The molecular formula is C22H18F3N3O. The van der Waals surface area contributed by atoms with Crippen LogP contribution in [0.1, 0.15) is 19.5 Å². The average molecular weight is 397 g/mol. The van der Waals surface area contributed by atoms with Crippen molar-refractivity contribution in [3.63, 3.8) is 0 Å². The van der Waals surface area contributed by atoms with Gasteiger partial charge >= 0.3 is 6.18 Å². The number of hydrogen-bond donors (Lipinski definition) is 0. The van der Waals surface area contributed by atoms with Crippen LogP contribution in [-0.4, -0.2) is 20.7 Å². The summed E-state index contributed by atoms with van der Waals surface area (Å²) in [5.41, 5.74) is 1.36. The SMILES string of the molecule is CC(C)Oc1ccc(-c2cc(C(F)(F)F)n3ncc(-c4ccccc4)c3n2)cc1. The second-order valence-electron chi connectivity index (χ2n) is 6.88. The van der Waals surface area contributed by atoms with Crippen molar-refractivity contribution in [3.8, 4) is 28.1 Å². The van der Waals surface area contributed by atoms with Crippen molar-refractivity contribution < 1.29 is 17.9 Å². The highest BCUT2D eigenvalue weighted by Gasteiger charge is 2.35. The molecule has 0 aliphatic heterocycles. The molecule has 4 nitrogen and oxygen atoms in total. The first-order valence-corrected chi connectivity index (χ1v) is 9.11. The molecule has 148 valence electrons. The van der Waals surface area contributed by atoms with Gasteiger partial charge in [-0.3, -0.25) is 0 Å². The molecule has 2 aromatic carbocycles. The zero-order valence-electron chi connectivity index (χ0n) is 15.8. The summed E-state index contributed by atoms with van der Waals surface area (Å²) in [7, 11) is 0. The number of nitrogens with zero attached hydrogens (tertiary/aromatic N) is 3. The minimum Gasteiger partial charge on any atom is -0.491 e. The summed E-state index contributed by atoms with van der Waals surface area (Å²) in [6, 6.07) is 17.0. The Morgan fingerprint density at radius 2 is 1.62 bits per heavy atom. The van der Waals surface area contributed by atoms with E-state index in [1.165, 1.54) is 6.20 Å². The summed E-state index contributed by atoms with van der Waals surface area (Å²) < 4.78 is 47.6. The number of rotatable bonds is 4. The highest BCUT2D eigenvalue weighted by Crippen LogP contribution is 2.35. The molecule has 2 aromatic heterocycles. The number of alkyl halides is 3. The molecule has 0 aliphatic carbocycles. The van der Waals surface area contributed by atoms with E-state index >= 15 is 0 Å². The van der Waals surface area contributed by atoms with E-state index in [0.717, 1.165) is 16.1 Å². The maximum atomic E-state index is 13.7. The minimum absolute atomic E-state index is 0.00683. The van der Waals surface area contributed by atoms with Crippen LogP contribution in [0.15, 0.2) is 66.9 Å². The molecule has 0 spiro atoms. The van der Waals surface area contributed by atoms with E-state index < -0.39 is 11.9 Å². The fourth-order valence-corrected chi connectivity index (χ4v) is 3.11. The molecule has 0 unspecified atom stereocenters. The van der Waals surface area contributed by atoms with Gasteiger partial charge < -0.3 is 4.74 Å². The standard InChI is InChI=1S/C22H18F3N3O/c1-14(2)29-17-10-8-16(9-11-17)19-12-20(22(23,24)25)28-21(27-19)18(13-26-28)15-6-4-3-5-7-15/h3-14H,1-2H3. The highest BCUT2D eigenvalue weighted by molar-refractivity contribution is 5.79. The third-order valence-electron chi connectivity index (χ3n) is 4.37. The van der Waals surface area contributed by atoms with E-state index in [1.807, 2.05) is 44.2 Å². The molecule has 4 aromatic rings. The fraction of sp³-hybridized carbons (Fsp3) is 0.182. The van der Waals surface area contributed by atoms with Gasteiger partial charge in [0.1, 0.15) is 5.75 Å². The first-order chi connectivity index (χ1) is 13.8. The van der Waals surface area contributed by atoms with E-state index in [9.17, 15) is 13.2 Å². The number of halogens is 3. The Morgan fingerprint density at radius 1 is 0.931 bits per heavy atom. The summed E-state index contributed by atoms with van der Waals surface area (Å²) >= 11 is 0. The number of fused-ring (bicyclic) bond motifs is 1. The third-order valence-corrected chi connectivity index (χ3v) is 4.37. The molecule has 0 N–H and O–H groups in total. The molecule has 0 fully saturated rings. The first kappa shape index (κ1) is 19.0. The Labute approximate surface area is 165 Å². The number of aromatic nitrogens is 3. The van der Waals surface area contributed by atoms with Crippen LogP contribution < -0.4 is 4.74 Å². The van der Waals surface area contributed by atoms with Gasteiger partial charge in [0.2, 0.25) is 0 Å². The molecular weight excluding hydrogens is 379 g/mol. The van der Waals surface area contributed by atoms with E-state index in [1.54, 1.807) is 24.3 Å². The maximum absolute atomic E-state index is 13.7. The lowest BCUT2D eigenvalue weighted by atomic mass is 10.1. The molecule has 7 heteroatoms. The lowest BCUT2D eigenvalue weighted by Gasteiger charge is -2.13. The van der Waals surface area contributed by atoms with Crippen LogP contribution in [0.25, 0.3) is 28.0 Å². The largest absolute Gasteiger partial charge is 0.491 e. The van der Waals surface area contributed by atoms with Gasteiger partial charge in [-0.25, -0.2) is 9.50 Å². The van der Waals surface area contributed by atoms with Crippen LogP contribution in [0.3, 0.4) is 0 Å². The predicted molar refractivity (Wildman–Crippen MR) is 105 cm³/mol. The Kier molecular flexibility index (Phi) is 4.74. The van der Waals surface area contributed by atoms with E-state index in [4.69, 9.17) is 4.74 Å². The summed E-state index contributed by atoms with van der Waals surface area (Å²) in [5, 5.41) is 3.96. The predicted octanol–water partition coefficient (Wildman–Crippen LogP) is 5.87. The van der Waals surface area contributed by atoms with Crippen molar-refractivity contribution in [1.82, 2.24) is 14.6 Å². The van der Waals surface area contributed by atoms with Gasteiger partial charge in [0.05, 0.1) is 18.0 Å². The van der Waals surface area contributed by atoms with Gasteiger partial charge in [-0.15, -0.1) is 0 Å². The van der Waals surface area contributed by atoms with Crippen LogP contribution in [0, 0.1) is 0 Å². The first-order valence-electron chi connectivity index (χ1n) is 9.11. The smallest absolute Gasteiger partial charge is 0.433 e. The van der Waals surface area contributed by atoms with Gasteiger partial charge in [-0.1, -0.05) is 30.3 Å². The normalized spacial score (nSPS) is 11.9. The molecule has 0 saturated carbocycles. The Balaban J connectivity index is 1.88. The molecule has 4 rings (SSSR count). The van der Waals surface area contributed by atoms with Crippen LogP contribution in [0.5, 0.6) is 5.75 Å². The maximum Gasteiger partial charge on any atom is 0.433 e. The van der Waals surface area contributed by atoms with Crippen molar-refractivity contribution in [2.24, 2.45) is 0 Å². The molecule has 0 radical (unpaired) electrons. The Morgan fingerprint density at radius 3 is 2.24 bits per heavy atom. The number of benzene rings is 2. The second kappa shape index (κ2) is 7.24. The van der Waals surface area contributed by atoms with E-state index in [0.29, 0.717) is 16.9 Å². The van der Waals surface area contributed by atoms with Crippen LogP contribution in [-0.2, 0) is 6.18 Å². The van der Waals surface area contributed by atoms with Crippen molar-refractivity contribution in [3.05, 3.63) is 72.6 Å². The molecule has 0 saturated heterocycles. The van der Waals surface area contributed by atoms with Gasteiger partial charge in [-0.05, 0) is 49.7 Å². The van der Waals surface area contributed by atoms with Crippen molar-refractivity contribution >= 4 is 5.65 Å². The van der Waals surface area contributed by atoms with Crippen molar-refractivity contribution in [1.29, 1.82) is 0 Å². The van der Waals surface area contributed by atoms with Crippen molar-refractivity contribution in [2.75, 3.05) is 0 Å². The quantitative estimate of drug-likeness (QED) is 0.432. The van der Waals surface area contributed by atoms with Crippen LogP contribution in [0.2, 0.25) is 0 Å². The zero-order chi connectivity index (χ0) is 20.6. The average Bonchev–Trinajstić information content (AvgIpc) is 3.11. The number of ether oxygens (including phenoxy) is 1. The minimum atomic E-state index is -4.57. The highest BCUT2D eigenvalue weighted by atomic mass is 19.4. The Bertz CT molecular complexity index is 1130. The molecule has 0 atom stereocenters. The summed E-state index contributed by atoms with van der Waals surface area (Å²) in [4.78, 5) is 4.51. The van der Waals surface area contributed by atoms with E-state index in [2.05, 4.69) is 10.1 Å². The Hall–Kier alpha value is -3.35. The second-order valence-corrected chi connectivity index (χ2v) is 6.88. The molecule has 29 heavy (non-hydrogen) atoms. The summed E-state index contributed by atoms with van der Waals surface area (Å²) in [6.45, 7) is 3.81. The monoisotopic (exact) mass is 397 g/mol. The van der Waals surface area contributed by atoms with E-state index in [-0.39, 0.29) is 17.4 Å². The van der Waals surface area contributed by atoms with Gasteiger partial charge in [0.25, 0.3) is 0 Å². The van der Waals surface area contributed by atoms with Crippen LogP contribution >= 0.6 is 0 Å². The zero-order valence-corrected chi connectivity index (χ0v) is 15.8. The van der Waals surface area contributed by atoms with Gasteiger partial charge in [-0.2, -0.15) is 18.3 Å². The van der Waals surface area contributed by atoms with Gasteiger partial charge in [0.15, 0.2) is 11.3 Å². The third kappa shape index (κ3) is 3.81. The van der Waals surface area contributed by atoms with Crippen LogP contribution in [0.4, 0.5) is 13.2 Å². The molecule has 2 heterocycles. The molecule has 0 aliphatic rings. The molecule has 0 bridgehead atoms. The fourth-order valence-electron chi connectivity index (χ4n) is 3.11. The summed E-state index contributed by atoms with van der Waals surface area (Å²) in [5.74, 6) is 0.648. The lowest BCUT2D eigenvalue weighted by molar-refractivity contribution is -0.142. The topological polar surface area (TPSA) is 39.4 Å². The summed E-state index contributed by atoms with van der Waals surface area (Å²) in [6.07, 6.45) is -3.15. The molecule has 0 amide bonds. The number of hydrogen-bond acceptors (Lipinski definition) is 3. The van der Waals surface area contributed by atoms with Crippen molar-refractivity contribution in [2.45, 2.75) is 26.1 Å². The lowest BCUT2D eigenvalue weighted by Crippen LogP contribution is -2.13.